The second kappa shape index (κ2) is 5.03. The lowest BCUT2D eigenvalue weighted by Crippen LogP contribution is -2.20. The normalized spacial score (nSPS) is 12.6. The van der Waals surface area contributed by atoms with Crippen LogP contribution in [0, 0.1) is 11.7 Å². The summed E-state index contributed by atoms with van der Waals surface area (Å²) in [6.45, 7) is 3.75. The number of aromatic nitrogens is 1. The van der Waals surface area contributed by atoms with Crippen LogP contribution in [0.4, 0.5) is 4.39 Å². The number of carbonyl (C=O) groups is 1. The topological polar surface area (TPSA) is 65.2 Å². The Kier molecular flexibility index (Phi) is 3.95. The van der Waals surface area contributed by atoms with Gasteiger partial charge in [-0.2, -0.15) is 0 Å². The molecule has 0 aliphatic heterocycles. The number of methoxy groups -OCH3 is 1. The van der Waals surface area contributed by atoms with Crippen molar-refractivity contribution in [1.82, 2.24) is 4.98 Å². The molecule has 0 aromatic carbocycles. The molecule has 0 radical (unpaired) electrons. The molecule has 1 unspecified atom stereocenters. The van der Waals surface area contributed by atoms with E-state index in [0.717, 1.165) is 6.07 Å². The quantitative estimate of drug-likeness (QED) is 0.796. The van der Waals surface area contributed by atoms with E-state index >= 15 is 0 Å². The molecule has 4 nitrogen and oxygen atoms in total. The highest BCUT2D eigenvalue weighted by molar-refractivity contribution is 5.88. The first kappa shape index (κ1) is 12.6. The Morgan fingerprint density at radius 3 is 2.62 bits per heavy atom. The van der Waals surface area contributed by atoms with Gasteiger partial charge in [0.1, 0.15) is 5.82 Å². The van der Waals surface area contributed by atoms with Gasteiger partial charge in [-0.25, -0.2) is 9.18 Å². The van der Waals surface area contributed by atoms with E-state index in [-0.39, 0.29) is 17.2 Å². The molecule has 1 aromatic heterocycles. The number of ether oxygens (including phenoxy) is 1. The van der Waals surface area contributed by atoms with Crippen LogP contribution in [0.25, 0.3) is 0 Å². The van der Waals surface area contributed by atoms with E-state index in [1.807, 2.05) is 13.8 Å². The predicted octanol–water partition coefficient (Wildman–Crippen LogP) is 1.66. The lowest BCUT2D eigenvalue weighted by atomic mass is 10.0. The van der Waals surface area contributed by atoms with Gasteiger partial charge >= 0.3 is 5.97 Å². The molecule has 0 bridgehead atoms. The van der Waals surface area contributed by atoms with Gasteiger partial charge in [0.25, 0.3) is 0 Å². The maximum Gasteiger partial charge on any atom is 0.339 e. The summed E-state index contributed by atoms with van der Waals surface area (Å²) in [5.74, 6) is -1.12. The van der Waals surface area contributed by atoms with E-state index in [1.165, 1.54) is 13.3 Å². The Labute approximate surface area is 93.6 Å². The molecule has 1 heterocycles. The third-order valence-electron chi connectivity index (χ3n) is 2.32. The van der Waals surface area contributed by atoms with Gasteiger partial charge in [0.15, 0.2) is 0 Å². The SMILES string of the molecule is COC(=O)c1cnc(C(N)C(C)C)c(F)c1. The molecule has 0 fully saturated rings. The largest absolute Gasteiger partial charge is 0.465 e. The summed E-state index contributed by atoms with van der Waals surface area (Å²) in [6, 6.07) is 0.614. The molecular weight excluding hydrogens is 211 g/mol. The minimum Gasteiger partial charge on any atom is -0.465 e. The third kappa shape index (κ3) is 2.55. The fourth-order valence-corrected chi connectivity index (χ4v) is 1.24. The van der Waals surface area contributed by atoms with Crippen LogP contribution in [0.1, 0.15) is 35.9 Å². The molecule has 2 N–H and O–H groups in total. The van der Waals surface area contributed by atoms with Crippen molar-refractivity contribution in [2.24, 2.45) is 11.7 Å². The van der Waals surface area contributed by atoms with Crippen LogP contribution in [0.15, 0.2) is 12.3 Å². The minimum absolute atomic E-state index is 0.0750. The summed E-state index contributed by atoms with van der Waals surface area (Å²) in [4.78, 5) is 15.0. The van der Waals surface area contributed by atoms with Gasteiger partial charge in [-0.3, -0.25) is 4.98 Å². The van der Waals surface area contributed by atoms with Gasteiger partial charge in [-0.1, -0.05) is 13.8 Å². The van der Waals surface area contributed by atoms with Crippen LogP contribution in [-0.2, 0) is 4.74 Å². The zero-order valence-corrected chi connectivity index (χ0v) is 9.53. The first-order chi connectivity index (χ1) is 7.47. The molecule has 88 valence electrons. The fraction of sp³-hybridized carbons (Fsp3) is 0.455. The van der Waals surface area contributed by atoms with Crippen molar-refractivity contribution in [1.29, 1.82) is 0 Å². The number of esters is 1. The lowest BCUT2D eigenvalue weighted by Gasteiger charge is -2.15. The number of carbonyl (C=O) groups excluding carboxylic acids is 1. The standard InChI is InChI=1S/C11H15FN2O2/c1-6(2)9(13)10-8(12)4-7(5-14-10)11(15)16-3/h4-6,9H,13H2,1-3H3. The maximum atomic E-state index is 13.6. The maximum absolute atomic E-state index is 13.6. The first-order valence-corrected chi connectivity index (χ1v) is 4.96. The predicted molar refractivity (Wildman–Crippen MR) is 57.3 cm³/mol. The second-order valence-corrected chi connectivity index (χ2v) is 3.85. The molecule has 0 saturated carbocycles. The highest BCUT2D eigenvalue weighted by Crippen LogP contribution is 2.20. The molecule has 1 aromatic rings. The monoisotopic (exact) mass is 226 g/mol. The van der Waals surface area contributed by atoms with Crippen molar-refractivity contribution in [2.45, 2.75) is 19.9 Å². The van der Waals surface area contributed by atoms with Gasteiger partial charge < -0.3 is 10.5 Å². The van der Waals surface area contributed by atoms with E-state index in [2.05, 4.69) is 9.72 Å². The minimum atomic E-state index is -0.615. The van der Waals surface area contributed by atoms with E-state index in [1.54, 1.807) is 0 Å². The molecule has 1 atom stereocenters. The van der Waals surface area contributed by atoms with Crippen LogP contribution in [0.3, 0.4) is 0 Å². The Morgan fingerprint density at radius 1 is 1.56 bits per heavy atom. The van der Waals surface area contributed by atoms with Crippen LogP contribution in [-0.4, -0.2) is 18.1 Å². The van der Waals surface area contributed by atoms with E-state index < -0.39 is 17.8 Å². The van der Waals surface area contributed by atoms with Crippen LogP contribution >= 0.6 is 0 Å². The van der Waals surface area contributed by atoms with Crippen LogP contribution in [0.5, 0.6) is 0 Å². The van der Waals surface area contributed by atoms with Crippen molar-refractivity contribution >= 4 is 5.97 Å². The van der Waals surface area contributed by atoms with Gasteiger partial charge in [-0.15, -0.1) is 0 Å². The number of halogens is 1. The van der Waals surface area contributed by atoms with Crippen molar-refractivity contribution in [3.63, 3.8) is 0 Å². The van der Waals surface area contributed by atoms with Gasteiger partial charge in [0, 0.05) is 6.20 Å². The summed E-state index contributed by atoms with van der Waals surface area (Å²) < 4.78 is 18.1. The fourth-order valence-electron chi connectivity index (χ4n) is 1.24. The number of nitrogens with two attached hydrogens (primary N) is 1. The Balaban J connectivity index is 3.05. The zero-order valence-electron chi connectivity index (χ0n) is 9.53. The summed E-state index contributed by atoms with van der Waals surface area (Å²) in [6.07, 6.45) is 1.27. The van der Waals surface area contributed by atoms with Gasteiger partial charge in [0.2, 0.25) is 0 Å². The van der Waals surface area contributed by atoms with E-state index in [0.29, 0.717) is 0 Å². The Bertz CT molecular complexity index is 394. The van der Waals surface area contributed by atoms with Crippen LogP contribution in [0.2, 0.25) is 0 Å². The molecule has 0 aliphatic rings. The van der Waals surface area contributed by atoms with Gasteiger partial charge in [0.05, 0.1) is 24.4 Å². The highest BCUT2D eigenvalue weighted by atomic mass is 19.1. The first-order valence-electron chi connectivity index (χ1n) is 4.96. The van der Waals surface area contributed by atoms with Crippen molar-refractivity contribution in [3.05, 3.63) is 29.3 Å². The van der Waals surface area contributed by atoms with Crippen molar-refractivity contribution in [3.8, 4) is 0 Å². The average Bonchev–Trinajstić information content (AvgIpc) is 2.26. The van der Waals surface area contributed by atoms with E-state index in [4.69, 9.17) is 5.73 Å². The van der Waals surface area contributed by atoms with Gasteiger partial charge in [-0.05, 0) is 12.0 Å². The van der Waals surface area contributed by atoms with E-state index in [9.17, 15) is 9.18 Å². The molecule has 0 spiro atoms. The molecule has 0 aliphatic carbocycles. The molecule has 5 heteroatoms. The van der Waals surface area contributed by atoms with Crippen molar-refractivity contribution < 1.29 is 13.9 Å². The summed E-state index contributed by atoms with van der Waals surface area (Å²) in [5, 5.41) is 0. The molecule has 0 saturated heterocycles. The second-order valence-electron chi connectivity index (χ2n) is 3.85. The average molecular weight is 226 g/mol. The summed E-state index contributed by atoms with van der Waals surface area (Å²) >= 11 is 0. The highest BCUT2D eigenvalue weighted by Gasteiger charge is 2.18. The number of hydrogen-bond acceptors (Lipinski definition) is 4. The van der Waals surface area contributed by atoms with Crippen molar-refractivity contribution in [2.75, 3.05) is 7.11 Å². The summed E-state index contributed by atoms with van der Waals surface area (Å²) in [7, 11) is 1.23. The molecule has 0 amide bonds. The smallest absolute Gasteiger partial charge is 0.339 e. The lowest BCUT2D eigenvalue weighted by molar-refractivity contribution is 0.0599. The zero-order chi connectivity index (χ0) is 12.3. The number of rotatable bonds is 3. The Hall–Kier alpha value is -1.49. The molecular formula is C11H15FN2O2. The molecule has 16 heavy (non-hydrogen) atoms. The Morgan fingerprint density at radius 2 is 2.19 bits per heavy atom. The number of pyridine rings is 1. The number of hydrogen-bond donors (Lipinski definition) is 1. The molecule has 1 rings (SSSR count). The number of nitrogens with zero attached hydrogens (tertiary/aromatic N) is 1. The van der Waals surface area contributed by atoms with Crippen LogP contribution < -0.4 is 5.73 Å². The third-order valence-corrected chi connectivity index (χ3v) is 2.32. The summed E-state index contributed by atoms with van der Waals surface area (Å²) in [5.41, 5.74) is 6.03.